The molecule has 1 unspecified atom stereocenters. The Kier molecular flexibility index (Phi) is 9.07. The van der Waals surface area contributed by atoms with Crippen molar-refractivity contribution in [1.82, 2.24) is 9.88 Å². The minimum absolute atomic E-state index is 0.360. The number of nitrogens with zero attached hydrogens (tertiary/aromatic N) is 3. The third kappa shape index (κ3) is 6.51. The Bertz CT molecular complexity index is 3900. The summed E-state index contributed by atoms with van der Waals surface area (Å²) >= 11 is 1.85. The summed E-state index contributed by atoms with van der Waals surface area (Å²) in [4.78, 5) is 10.9. The van der Waals surface area contributed by atoms with Crippen LogP contribution in [0.5, 0.6) is 0 Å². The number of para-hydroxylation sites is 1. The van der Waals surface area contributed by atoms with Crippen LogP contribution in [0.4, 0.5) is 0 Å². The predicted octanol–water partition coefficient (Wildman–Crippen LogP) is 15.8. The van der Waals surface area contributed by atoms with E-state index in [9.17, 15) is 0 Å². The summed E-state index contributed by atoms with van der Waals surface area (Å²) in [6.45, 7) is 0. The largest absolute Gasteiger partial charge is 0.344 e. The molecule has 5 heteroatoms. The van der Waals surface area contributed by atoms with E-state index in [1.165, 1.54) is 63.9 Å². The highest BCUT2D eigenvalue weighted by Crippen LogP contribution is 2.43. The van der Waals surface area contributed by atoms with Crippen molar-refractivity contribution >= 4 is 75.8 Å². The van der Waals surface area contributed by atoms with Crippen LogP contribution in [0.1, 0.15) is 22.9 Å². The van der Waals surface area contributed by atoms with Gasteiger partial charge in [-0.05, 0) is 92.7 Å². The average Bonchev–Trinajstić information content (AvgIpc) is 3.94. The monoisotopic (exact) mass is 860 g/mol. The van der Waals surface area contributed by atoms with Crippen LogP contribution in [0.25, 0.3) is 91.8 Å². The fourth-order valence-corrected chi connectivity index (χ4v) is 11.1. The van der Waals surface area contributed by atoms with E-state index in [2.05, 4.69) is 240 Å². The van der Waals surface area contributed by atoms with Gasteiger partial charge in [0.15, 0.2) is 5.84 Å². The number of hydrogen-bond donors (Lipinski definition) is 1. The number of amidine groups is 2. The third-order valence-corrected chi connectivity index (χ3v) is 14.3. The quantitative estimate of drug-likeness (QED) is 0.170. The molecule has 310 valence electrons. The highest BCUT2D eigenvalue weighted by Gasteiger charge is 2.25. The molecule has 13 rings (SSSR count). The molecule has 0 spiro atoms. The number of aliphatic imine (C=N–C) groups is 2. The molecule has 66 heavy (non-hydrogen) atoms. The minimum Gasteiger partial charge on any atom is -0.344 e. The molecular weight excluding hydrogens is 821 g/mol. The van der Waals surface area contributed by atoms with E-state index in [0.717, 1.165) is 50.5 Å². The number of benzene rings is 10. The van der Waals surface area contributed by atoms with Gasteiger partial charge in [-0.3, -0.25) is 0 Å². The standard InChI is InChI=1S/C61H40N4S/c1-3-15-39(16-4-1)40-29-31-41(32-30-40)43-21-13-22-46(35-43)60-62-59(42-17-5-2-6-18-42)63-61(64-60)52-34-33-47(38-53(52)51-26-14-25-50-49-24-10-12-28-57(49)66-58(50)51)65-55-27-11-9-23-48(55)54-36-44-19-7-8-20-45(44)37-56(54)65/h1-38,59H,(H,62,63,64). The van der Waals surface area contributed by atoms with Gasteiger partial charge < -0.3 is 9.88 Å². The highest BCUT2D eigenvalue weighted by molar-refractivity contribution is 7.26. The zero-order valence-electron chi connectivity index (χ0n) is 35.8. The SMILES string of the molecule is c1ccc(-c2ccc(-c3cccc(C4=NC(c5ccc(-n6c7ccccc7c7cc8ccccc8cc76)cc5-c5cccc6c5sc5ccccc56)=NC(c5ccccc5)N4)c3)cc2)cc1. The Hall–Kier alpha value is -8.38. The number of thiophene rings is 1. The first-order valence-corrected chi connectivity index (χ1v) is 23.2. The van der Waals surface area contributed by atoms with Crippen LogP contribution in [0.3, 0.4) is 0 Å². The number of hydrogen-bond acceptors (Lipinski definition) is 4. The zero-order chi connectivity index (χ0) is 43.6. The molecule has 1 aliphatic heterocycles. The molecule has 0 aliphatic carbocycles. The number of nitrogens with one attached hydrogen (secondary N) is 1. The molecule has 0 saturated heterocycles. The van der Waals surface area contributed by atoms with Crippen LogP contribution in [0.15, 0.2) is 241 Å². The molecule has 3 heterocycles. The second-order valence-corrected chi connectivity index (χ2v) is 18.0. The van der Waals surface area contributed by atoms with Crippen molar-refractivity contribution in [1.29, 1.82) is 0 Å². The van der Waals surface area contributed by atoms with Crippen LogP contribution in [0, 0.1) is 0 Å². The second-order valence-electron chi connectivity index (χ2n) is 17.0. The van der Waals surface area contributed by atoms with Gasteiger partial charge in [0.25, 0.3) is 0 Å². The Balaban J connectivity index is 1.01. The molecule has 4 nitrogen and oxygen atoms in total. The fourth-order valence-electron chi connectivity index (χ4n) is 9.84. The lowest BCUT2D eigenvalue weighted by Gasteiger charge is -2.25. The Morgan fingerprint density at radius 1 is 0.409 bits per heavy atom. The summed E-state index contributed by atoms with van der Waals surface area (Å²) in [5.74, 6) is 1.46. The van der Waals surface area contributed by atoms with Crippen molar-refractivity contribution in [2.24, 2.45) is 9.98 Å². The zero-order valence-corrected chi connectivity index (χ0v) is 36.6. The maximum absolute atomic E-state index is 5.47. The number of aromatic nitrogens is 1. The van der Waals surface area contributed by atoms with Crippen LogP contribution in [-0.4, -0.2) is 16.2 Å². The summed E-state index contributed by atoms with van der Waals surface area (Å²) in [6.07, 6.45) is -0.360. The minimum atomic E-state index is -0.360. The van der Waals surface area contributed by atoms with E-state index in [1.807, 2.05) is 11.3 Å². The summed E-state index contributed by atoms with van der Waals surface area (Å²) in [5, 5.41) is 11.2. The first kappa shape index (κ1) is 38.1. The molecule has 0 bridgehead atoms. The van der Waals surface area contributed by atoms with E-state index in [1.54, 1.807) is 0 Å². The summed E-state index contributed by atoms with van der Waals surface area (Å²) in [7, 11) is 0. The molecule has 0 fully saturated rings. The van der Waals surface area contributed by atoms with Crippen molar-refractivity contribution < 1.29 is 0 Å². The molecule has 1 N–H and O–H groups in total. The van der Waals surface area contributed by atoms with Crippen molar-refractivity contribution in [2.75, 3.05) is 0 Å². The summed E-state index contributed by atoms with van der Waals surface area (Å²) in [5.41, 5.74) is 13.4. The van der Waals surface area contributed by atoms with Gasteiger partial charge in [0.05, 0.1) is 11.0 Å². The predicted molar refractivity (Wildman–Crippen MR) is 279 cm³/mol. The molecule has 10 aromatic carbocycles. The smallest absolute Gasteiger partial charge is 0.160 e. The van der Waals surface area contributed by atoms with E-state index < -0.39 is 0 Å². The van der Waals surface area contributed by atoms with E-state index >= 15 is 0 Å². The van der Waals surface area contributed by atoms with Gasteiger partial charge >= 0.3 is 0 Å². The first-order valence-electron chi connectivity index (χ1n) is 22.4. The normalized spacial score (nSPS) is 13.9. The molecule has 0 amide bonds. The summed E-state index contributed by atoms with van der Waals surface area (Å²) in [6, 6.07) is 82.9. The highest BCUT2D eigenvalue weighted by atomic mass is 32.1. The second kappa shape index (κ2) is 15.7. The average molecular weight is 861 g/mol. The number of rotatable bonds is 7. The summed E-state index contributed by atoms with van der Waals surface area (Å²) < 4.78 is 4.94. The topological polar surface area (TPSA) is 41.7 Å². The number of fused-ring (bicyclic) bond motifs is 7. The van der Waals surface area contributed by atoms with Gasteiger partial charge in [-0.1, -0.05) is 182 Å². The molecular formula is C61H40N4S. The van der Waals surface area contributed by atoms with Gasteiger partial charge in [-0.2, -0.15) is 0 Å². The van der Waals surface area contributed by atoms with Crippen molar-refractivity contribution in [3.63, 3.8) is 0 Å². The van der Waals surface area contributed by atoms with Gasteiger partial charge in [-0.25, -0.2) is 9.98 Å². The lowest BCUT2D eigenvalue weighted by Crippen LogP contribution is -2.33. The van der Waals surface area contributed by atoms with E-state index in [0.29, 0.717) is 5.84 Å². The van der Waals surface area contributed by atoms with Crippen molar-refractivity contribution in [2.45, 2.75) is 6.17 Å². The maximum atomic E-state index is 5.47. The van der Waals surface area contributed by atoms with Gasteiger partial charge in [-0.15, -0.1) is 11.3 Å². The first-order chi connectivity index (χ1) is 32.7. The van der Waals surface area contributed by atoms with Gasteiger partial charge in [0.2, 0.25) is 0 Å². The molecule has 2 aromatic heterocycles. The van der Waals surface area contributed by atoms with Crippen molar-refractivity contribution in [3.8, 4) is 39.1 Å². The third-order valence-electron chi connectivity index (χ3n) is 13.1. The molecule has 1 atom stereocenters. The maximum Gasteiger partial charge on any atom is 0.160 e. The Labute approximate surface area is 386 Å². The fraction of sp³-hybridized carbons (Fsp3) is 0.0164. The molecule has 1 aliphatic rings. The van der Waals surface area contributed by atoms with Crippen LogP contribution in [-0.2, 0) is 0 Å². The molecule has 12 aromatic rings. The van der Waals surface area contributed by atoms with Gasteiger partial charge in [0.1, 0.15) is 12.0 Å². The van der Waals surface area contributed by atoms with E-state index in [-0.39, 0.29) is 6.17 Å². The molecule has 0 radical (unpaired) electrons. The van der Waals surface area contributed by atoms with E-state index in [4.69, 9.17) is 9.98 Å². The molecule has 0 saturated carbocycles. The lowest BCUT2D eigenvalue weighted by molar-refractivity contribution is 0.674. The van der Waals surface area contributed by atoms with Crippen LogP contribution < -0.4 is 5.32 Å². The van der Waals surface area contributed by atoms with Crippen molar-refractivity contribution in [3.05, 3.63) is 247 Å². The van der Waals surface area contributed by atoms with Crippen LogP contribution >= 0.6 is 11.3 Å². The Morgan fingerprint density at radius 3 is 1.88 bits per heavy atom. The lowest BCUT2D eigenvalue weighted by atomic mass is 9.95. The van der Waals surface area contributed by atoms with Gasteiger partial charge in [0, 0.05) is 53.3 Å². The van der Waals surface area contributed by atoms with Crippen LogP contribution in [0.2, 0.25) is 0 Å². The Morgan fingerprint density at radius 2 is 1.05 bits per heavy atom.